The molecular weight excluding hydrogens is 240 g/mol. The number of aliphatic hydroxyl groups excluding tert-OH is 1. The highest BCUT2D eigenvalue weighted by atomic mass is 16.5. The van der Waals surface area contributed by atoms with Crippen molar-refractivity contribution in [2.24, 2.45) is 0 Å². The summed E-state index contributed by atoms with van der Waals surface area (Å²) >= 11 is 0. The summed E-state index contributed by atoms with van der Waals surface area (Å²) in [6, 6.07) is 6.43. The van der Waals surface area contributed by atoms with Crippen molar-refractivity contribution in [3.8, 4) is 0 Å². The summed E-state index contributed by atoms with van der Waals surface area (Å²) in [5, 5.41) is 12.8. The van der Waals surface area contributed by atoms with E-state index in [-0.39, 0.29) is 6.10 Å². The number of aryl methyl sites for hydroxylation is 1. The van der Waals surface area contributed by atoms with Crippen LogP contribution in [0.2, 0.25) is 0 Å². The third-order valence-electron chi connectivity index (χ3n) is 3.02. The van der Waals surface area contributed by atoms with Gasteiger partial charge in [-0.05, 0) is 31.0 Å². The van der Waals surface area contributed by atoms with Crippen molar-refractivity contribution in [2.75, 3.05) is 38.8 Å². The van der Waals surface area contributed by atoms with Crippen LogP contribution in [0, 0.1) is 6.92 Å². The summed E-state index contributed by atoms with van der Waals surface area (Å²) in [7, 11) is 3.71. The van der Waals surface area contributed by atoms with Gasteiger partial charge >= 0.3 is 0 Å². The highest BCUT2D eigenvalue weighted by molar-refractivity contribution is 5.54. The molecule has 1 aromatic carbocycles. The lowest BCUT2D eigenvalue weighted by atomic mass is 10.1. The molecule has 1 atom stereocenters. The Balaban J connectivity index is 2.58. The van der Waals surface area contributed by atoms with E-state index in [1.807, 2.05) is 7.05 Å². The summed E-state index contributed by atoms with van der Waals surface area (Å²) in [6.45, 7) is 7.00. The smallest absolute Gasteiger partial charge is 0.0686 e. The van der Waals surface area contributed by atoms with Crippen LogP contribution in [-0.4, -0.2) is 45.1 Å². The molecule has 108 valence electrons. The van der Waals surface area contributed by atoms with E-state index >= 15 is 0 Å². The first-order chi connectivity index (χ1) is 9.04. The zero-order valence-corrected chi connectivity index (χ0v) is 12.4. The molecule has 0 amide bonds. The van der Waals surface area contributed by atoms with E-state index < -0.39 is 0 Å². The maximum atomic E-state index is 9.43. The predicted molar refractivity (Wildman–Crippen MR) is 79.7 cm³/mol. The van der Waals surface area contributed by atoms with Gasteiger partial charge in [-0.1, -0.05) is 12.1 Å². The molecule has 0 saturated heterocycles. The summed E-state index contributed by atoms with van der Waals surface area (Å²) in [5.41, 5.74) is 3.67. The van der Waals surface area contributed by atoms with Crippen LogP contribution in [0.4, 0.5) is 5.69 Å². The Morgan fingerprint density at radius 1 is 1.42 bits per heavy atom. The van der Waals surface area contributed by atoms with Crippen molar-refractivity contribution in [3.05, 3.63) is 29.3 Å². The molecule has 19 heavy (non-hydrogen) atoms. The normalized spacial score (nSPS) is 12.5. The molecule has 1 unspecified atom stereocenters. The second-order valence-corrected chi connectivity index (χ2v) is 5.02. The molecule has 1 aromatic rings. The Bertz CT molecular complexity index is 380. The topological polar surface area (TPSA) is 44.7 Å². The number of nitrogens with one attached hydrogen (secondary N) is 1. The minimum Gasteiger partial charge on any atom is -0.392 e. The van der Waals surface area contributed by atoms with E-state index in [0.717, 1.165) is 19.7 Å². The van der Waals surface area contributed by atoms with Crippen LogP contribution >= 0.6 is 0 Å². The van der Waals surface area contributed by atoms with Crippen molar-refractivity contribution >= 4 is 5.69 Å². The maximum Gasteiger partial charge on any atom is 0.0686 e. The van der Waals surface area contributed by atoms with Crippen molar-refractivity contribution < 1.29 is 9.84 Å². The minimum atomic E-state index is -0.320. The molecule has 1 rings (SSSR count). The largest absolute Gasteiger partial charge is 0.392 e. The van der Waals surface area contributed by atoms with Crippen LogP contribution in [0.3, 0.4) is 0 Å². The van der Waals surface area contributed by atoms with Gasteiger partial charge in [-0.3, -0.25) is 0 Å². The molecule has 0 spiro atoms. The fourth-order valence-electron chi connectivity index (χ4n) is 2.16. The van der Waals surface area contributed by atoms with E-state index in [2.05, 4.69) is 35.3 Å². The van der Waals surface area contributed by atoms with Crippen molar-refractivity contribution in [1.82, 2.24) is 5.32 Å². The predicted octanol–water partition coefficient (Wildman–Crippen LogP) is 1.55. The molecule has 0 aliphatic heterocycles. The van der Waals surface area contributed by atoms with Gasteiger partial charge in [-0.25, -0.2) is 0 Å². The molecule has 4 nitrogen and oxygen atoms in total. The molecule has 0 fully saturated rings. The van der Waals surface area contributed by atoms with Gasteiger partial charge in [0.1, 0.15) is 0 Å². The van der Waals surface area contributed by atoms with Gasteiger partial charge in [0.05, 0.1) is 12.7 Å². The standard InChI is InChI=1S/C15H26N2O2/c1-12-9-14(10-16-7-8-19-4)5-6-15(12)17(3)11-13(2)18/h5-6,9,13,16,18H,7-8,10-11H2,1-4H3. The second-order valence-electron chi connectivity index (χ2n) is 5.02. The summed E-state index contributed by atoms with van der Waals surface area (Å²) in [4.78, 5) is 2.09. The summed E-state index contributed by atoms with van der Waals surface area (Å²) < 4.78 is 5.00. The Hall–Kier alpha value is -1.10. The van der Waals surface area contributed by atoms with Crippen molar-refractivity contribution in [1.29, 1.82) is 0 Å². The molecule has 2 N–H and O–H groups in total. The van der Waals surface area contributed by atoms with E-state index in [0.29, 0.717) is 6.54 Å². The van der Waals surface area contributed by atoms with Gasteiger partial charge in [-0.2, -0.15) is 0 Å². The van der Waals surface area contributed by atoms with Gasteiger partial charge in [0.15, 0.2) is 0 Å². The van der Waals surface area contributed by atoms with Gasteiger partial charge in [-0.15, -0.1) is 0 Å². The molecule has 0 aromatic heterocycles. The average molecular weight is 266 g/mol. The Kier molecular flexibility index (Phi) is 6.84. The van der Waals surface area contributed by atoms with Crippen LogP contribution in [0.5, 0.6) is 0 Å². The fourth-order valence-corrected chi connectivity index (χ4v) is 2.16. The minimum absolute atomic E-state index is 0.320. The lowest BCUT2D eigenvalue weighted by Gasteiger charge is -2.23. The van der Waals surface area contributed by atoms with Crippen LogP contribution in [0.1, 0.15) is 18.1 Å². The zero-order valence-electron chi connectivity index (χ0n) is 12.4. The Morgan fingerprint density at radius 2 is 2.16 bits per heavy atom. The molecule has 0 saturated carbocycles. The van der Waals surface area contributed by atoms with Gasteiger partial charge in [0.2, 0.25) is 0 Å². The number of aliphatic hydroxyl groups is 1. The highest BCUT2D eigenvalue weighted by Gasteiger charge is 2.07. The van der Waals surface area contributed by atoms with Crippen molar-refractivity contribution in [2.45, 2.75) is 26.5 Å². The lowest BCUT2D eigenvalue weighted by molar-refractivity contribution is 0.199. The van der Waals surface area contributed by atoms with Gasteiger partial charge in [0, 0.05) is 39.5 Å². The summed E-state index contributed by atoms with van der Waals surface area (Å²) in [5.74, 6) is 0. The first kappa shape index (κ1) is 16.0. The molecule has 0 aliphatic carbocycles. The summed E-state index contributed by atoms with van der Waals surface area (Å²) in [6.07, 6.45) is -0.320. The van der Waals surface area contributed by atoms with E-state index in [1.54, 1.807) is 14.0 Å². The number of rotatable bonds is 8. The highest BCUT2D eigenvalue weighted by Crippen LogP contribution is 2.20. The lowest BCUT2D eigenvalue weighted by Crippen LogP contribution is -2.27. The molecule has 0 aliphatic rings. The zero-order chi connectivity index (χ0) is 14.3. The monoisotopic (exact) mass is 266 g/mol. The quantitative estimate of drug-likeness (QED) is 0.701. The number of ether oxygens (including phenoxy) is 1. The molecule has 0 heterocycles. The number of hydrogen-bond donors (Lipinski definition) is 2. The van der Waals surface area contributed by atoms with Gasteiger partial charge < -0.3 is 20.1 Å². The average Bonchev–Trinajstić information content (AvgIpc) is 2.33. The first-order valence-electron chi connectivity index (χ1n) is 6.73. The van der Waals surface area contributed by atoms with E-state index in [9.17, 15) is 5.11 Å². The van der Waals surface area contributed by atoms with Gasteiger partial charge in [0.25, 0.3) is 0 Å². The van der Waals surface area contributed by atoms with Crippen LogP contribution in [0.25, 0.3) is 0 Å². The number of nitrogens with zero attached hydrogens (tertiary/aromatic N) is 1. The Labute approximate surface area is 116 Å². The van der Waals surface area contributed by atoms with E-state index in [4.69, 9.17) is 4.74 Å². The number of benzene rings is 1. The molecule has 0 radical (unpaired) electrons. The first-order valence-corrected chi connectivity index (χ1v) is 6.73. The number of anilines is 1. The number of hydrogen-bond acceptors (Lipinski definition) is 4. The van der Waals surface area contributed by atoms with Crippen molar-refractivity contribution in [3.63, 3.8) is 0 Å². The maximum absolute atomic E-state index is 9.43. The van der Waals surface area contributed by atoms with Crippen LogP contribution < -0.4 is 10.2 Å². The SMILES string of the molecule is COCCNCc1ccc(N(C)CC(C)O)c(C)c1. The van der Waals surface area contributed by atoms with Crippen LogP contribution in [-0.2, 0) is 11.3 Å². The second kappa shape index (κ2) is 8.15. The third-order valence-corrected chi connectivity index (χ3v) is 3.02. The third kappa shape index (κ3) is 5.59. The number of methoxy groups -OCH3 is 1. The fraction of sp³-hybridized carbons (Fsp3) is 0.600. The molecular formula is C15H26N2O2. The molecule has 0 bridgehead atoms. The molecule has 4 heteroatoms. The van der Waals surface area contributed by atoms with E-state index in [1.165, 1.54) is 16.8 Å². The Morgan fingerprint density at radius 3 is 2.74 bits per heavy atom. The number of likely N-dealkylation sites (N-methyl/N-ethyl adjacent to an activating group) is 1. The van der Waals surface area contributed by atoms with Crippen LogP contribution in [0.15, 0.2) is 18.2 Å².